The van der Waals surface area contributed by atoms with Crippen molar-refractivity contribution in [3.05, 3.63) is 42.9 Å². The Balaban J connectivity index is 0.000000365. The summed E-state index contributed by atoms with van der Waals surface area (Å²) in [4.78, 5) is 0. The summed E-state index contributed by atoms with van der Waals surface area (Å²) in [5.41, 5.74) is 2.26. The van der Waals surface area contributed by atoms with Crippen molar-refractivity contribution in [1.29, 1.82) is 0 Å². The van der Waals surface area contributed by atoms with E-state index < -0.39 is 0 Å². The van der Waals surface area contributed by atoms with Gasteiger partial charge in [-0.1, -0.05) is 84.3 Å². The Bertz CT molecular complexity index is 439. The number of rotatable bonds is 6. The van der Waals surface area contributed by atoms with Crippen molar-refractivity contribution < 1.29 is 4.42 Å². The second-order valence-electron chi connectivity index (χ2n) is 7.47. The molecule has 25 heavy (non-hydrogen) atoms. The normalized spacial score (nSPS) is 19.1. The van der Waals surface area contributed by atoms with E-state index in [0.29, 0.717) is 0 Å². The van der Waals surface area contributed by atoms with E-state index in [1.807, 2.05) is 19.1 Å². The third-order valence-electron chi connectivity index (χ3n) is 4.87. The van der Waals surface area contributed by atoms with E-state index in [9.17, 15) is 0 Å². The van der Waals surface area contributed by atoms with Crippen LogP contribution in [0.5, 0.6) is 0 Å². The van der Waals surface area contributed by atoms with Gasteiger partial charge in [0.1, 0.15) is 5.76 Å². The van der Waals surface area contributed by atoms with Crippen LogP contribution >= 0.6 is 0 Å². The van der Waals surface area contributed by atoms with Crippen LogP contribution in [-0.4, -0.2) is 0 Å². The van der Waals surface area contributed by atoms with Crippen LogP contribution in [0, 0.1) is 11.8 Å². The zero-order valence-corrected chi connectivity index (χ0v) is 17.6. The predicted molar refractivity (Wildman–Crippen MR) is 114 cm³/mol. The largest absolute Gasteiger partial charge is 0.465 e. The number of hydrogen-bond donors (Lipinski definition) is 0. The lowest BCUT2D eigenvalue weighted by atomic mass is 9.76. The summed E-state index contributed by atoms with van der Waals surface area (Å²) in [5, 5.41) is 0. The van der Waals surface area contributed by atoms with Gasteiger partial charge in [-0.15, -0.1) is 6.58 Å². The third kappa shape index (κ3) is 11.9. The predicted octanol–water partition coefficient (Wildman–Crippen LogP) is 8.68. The SMILES string of the molecule is C=C(C)CCC.C=C(C)c1ccco1.CCCC1CCCCC1CC. The number of allylic oxidation sites excluding steroid dienone is 2. The van der Waals surface area contributed by atoms with Crippen LogP contribution in [0.1, 0.15) is 98.2 Å². The molecule has 0 spiro atoms. The van der Waals surface area contributed by atoms with Crippen LogP contribution in [-0.2, 0) is 0 Å². The maximum Gasteiger partial charge on any atom is 0.128 e. The minimum atomic E-state index is 0.866. The highest BCUT2D eigenvalue weighted by Crippen LogP contribution is 2.34. The van der Waals surface area contributed by atoms with E-state index in [0.717, 1.165) is 23.2 Å². The van der Waals surface area contributed by atoms with E-state index in [-0.39, 0.29) is 0 Å². The van der Waals surface area contributed by atoms with Crippen molar-refractivity contribution >= 4 is 5.57 Å². The zero-order valence-electron chi connectivity index (χ0n) is 17.6. The van der Waals surface area contributed by atoms with Crippen molar-refractivity contribution in [3.8, 4) is 0 Å². The Kier molecular flexibility index (Phi) is 14.3. The molecule has 1 heteroatoms. The van der Waals surface area contributed by atoms with Gasteiger partial charge in [-0.05, 0) is 49.8 Å². The Morgan fingerprint density at radius 2 is 1.68 bits per heavy atom. The first-order chi connectivity index (χ1) is 12.0. The molecule has 2 unspecified atom stereocenters. The Labute approximate surface area is 157 Å². The fraction of sp³-hybridized carbons (Fsp3) is 0.667. The van der Waals surface area contributed by atoms with Crippen molar-refractivity contribution in [3.63, 3.8) is 0 Å². The molecule has 0 aliphatic heterocycles. The van der Waals surface area contributed by atoms with Crippen molar-refractivity contribution in [2.24, 2.45) is 11.8 Å². The van der Waals surface area contributed by atoms with Crippen molar-refractivity contribution in [2.75, 3.05) is 0 Å². The first-order valence-electron chi connectivity index (χ1n) is 10.3. The fourth-order valence-electron chi connectivity index (χ4n) is 3.52. The van der Waals surface area contributed by atoms with E-state index in [4.69, 9.17) is 4.42 Å². The number of furan rings is 1. The summed E-state index contributed by atoms with van der Waals surface area (Å²) in [5.74, 6) is 3.02. The molecule has 0 bridgehead atoms. The lowest BCUT2D eigenvalue weighted by Crippen LogP contribution is -2.18. The summed E-state index contributed by atoms with van der Waals surface area (Å²) in [6.45, 7) is 18.3. The van der Waals surface area contributed by atoms with Gasteiger partial charge in [0.25, 0.3) is 0 Å². The van der Waals surface area contributed by atoms with Gasteiger partial charge in [0.2, 0.25) is 0 Å². The highest BCUT2D eigenvalue weighted by Gasteiger charge is 2.22. The van der Waals surface area contributed by atoms with Gasteiger partial charge in [0, 0.05) is 0 Å². The first-order valence-corrected chi connectivity index (χ1v) is 10.3. The molecule has 1 aromatic heterocycles. The molecule has 1 fully saturated rings. The standard InChI is InChI=1S/C11H22.C7H8O.C6H12/c1-3-7-11-9-6-5-8-10(11)4-2;1-6(2)7-4-3-5-8-7;1-4-5-6(2)3/h10-11H,3-9H2,1-2H3;3-5H,1H2,2H3;2,4-5H2,1,3H3. The Hall–Kier alpha value is -1.24. The molecule has 1 heterocycles. The quantitative estimate of drug-likeness (QED) is 0.469. The van der Waals surface area contributed by atoms with E-state index in [2.05, 4.69) is 40.9 Å². The molecule has 1 aliphatic carbocycles. The maximum atomic E-state index is 5.00. The van der Waals surface area contributed by atoms with Gasteiger partial charge >= 0.3 is 0 Å². The van der Waals surface area contributed by atoms with E-state index in [1.54, 1.807) is 6.26 Å². The van der Waals surface area contributed by atoms with E-state index in [1.165, 1.54) is 63.4 Å². The van der Waals surface area contributed by atoms with Crippen LogP contribution in [0.4, 0.5) is 0 Å². The molecule has 1 saturated carbocycles. The van der Waals surface area contributed by atoms with Crippen LogP contribution in [0.3, 0.4) is 0 Å². The summed E-state index contributed by atoms with van der Waals surface area (Å²) >= 11 is 0. The molecular weight excluding hydrogens is 304 g/mol. The molecular formula is C24H42O. The van der Waals surface area contributed by atoms with Crippen LogP contribution in [0.15, 0.2) is 41.5 Å². The van der Waals surface area contributed by atoms with Gasteiger partial charge in [0.05, 0.1) is 6.26 Å². The second-order valence-corrected chi connectivity index (χ2v) is 7.47. The molecule has 0 saturated heterocycles. The molecule has 1 aromatic rings. The minimum absolute atomic E-state index is 0.866. The van der Waals surface area contributed by atoms with Crippen molar-refractivity contribution in [1.82, 2.24) is 0 Å². The van der Waals surface area contributed by atoms with Gasteiger partial charge in [-0.3, -0.25) is 0 Å². The van der Waals surface area contributed by atoms with Gasteiger partial charge in [0.15, 0.2) is 0 Å². The number of hydrogen-bond acceptors (Lipinski definition) is 1. The fourth-order valence-corrected chi connectivity index (χ4v) is 3.52. The molecule has 2 rings (SSSR count). The van der Waals surface area contributed by atoms with Crippen LogP contribution < -0.4 is 0 Å². The monoisotopic (exact) mass is 346 g/mol. The molecule has 0 amide bonds. The molecule has 1 aliphatic rings. The van der Waals surface area contributed by atoms with Crippen LogP contribution in [0.25, 0.3) is 5.57 Å². The second kappa shape index (κ2) is 15.0. The molecule has 0 aromatic carbocycles. The smallest absolute Gasteiger partial charge is 0.128 e. The van der Waals surface area contributed by atoms with Gasteiger partial charge in [-0.25, -0.2) is 0 Å². The van der Waals surface area contributed by atoms with Crippen molar-refractivity contribution in [2.45, 2.75) is 92.4 Å². The molecule has 0 radical (unpaired) electrons. The molecule has 1 nitrogen and oxygen atoms in total. The lowest BCUT2D eigenvalue weighted by molar-refractivity contribution is 0.216. The average molecular weight is 347 g/mol. The molecule has 144 valence electrons. The van der Waals surface area contributed by atoms with E-state index >= 15 is 0 Å². The minimum Gasteiger partial charge on any atom is -0.465 e. The summed E-state index contributed by atoms with van der Waals surface area (Å²) in [6.07, 6.45) is 14.4. The summed E-state index contributed by atoms with van der Waals surface area (Å²) in [6, 6.07) is 3.74. The highest BCUT2D eigenvalue weighted by atomic mass is 16.3. The van der Waals surface area contributed by atoms with Gasteiger partial charge in [-0.2, -0.15) is 0 Å². The van der Waals surface area contributed by atoms with Crippen LogP contribution in [0.2, 0.25) is 0 Å². The lowest BCUT2D eigenvalue weighted by Gasteiger charge is -2.30. The zero-order chi connectivity index (χ0) is 19.1. The molecule has 2 atom stereocenters. The highest BCUT2D eigenvalue weighted by molar-refractivity contribution is 5.55. The maximum absolute atomic E-state index is 5.00. The average Bonchev–Trinajstić information content (AvgIpc) is 3.11. The molecule has 0 N–H and O–H groups in total. The topological polar surface area (TPSA) is 13.1 Å². The first kappa shape index (κ1) is 23.8. The third-order valence-corrected chi connectivity index (χ3v) is 4.87. The Morgan fingerprint density at radius 3 is 2.00 bits per heavy atom. The summed E-state index contributed by atoms with van der Waals surface area (Å²) in [7, 11) is 0. The Morgan fingerprint density at radius 1 is 1.04 bits per heavy atom. The summed E-state index contributed by atoms with van der Waals surface area (Å²) < 4.78 is 5.00. The van der Waals surface area contributed by atoms with Gasteiger partial charge < -0.3 is 4.42 Å².